The molecule has 0 amide bonds. The number of aromatic nitrogens is 2. The largest absolute Gasteiger partial charge is 0.422 e. The van der Waals surface area contributed by atoms with E-state index >= 15 is 0 Å². The van der Waals surface area contributed by atoms with Crippen LogP contribution in [0.5, 0.6) is 0 Å². The summed E-state index contributed by atoms with van der Waals surface area (Å²) < 4.78 is 5.14. The van der Waals surface area contributed by atoms with Crippen molar-refractivity contribution in [1.29, 1.82) is 0 Å². The van der Waals surface area contributed by atoms with Crippen molar-refractivity contribution in [1.82, 2.24) is 10.2 Å². The summed E-state index contributed by atoms with van der Waals surface area (Å²) in [6, 6.07) is 0. The summed E-state index contributed by atoms with van der Waals surface area (Å²) in [7, 11) is 0. The van der Waals surface area contributed by atoms with Gasteiger partial charge in [-0.2, -0.15) is 0 Å². The van der Waals surface area contributed by atoms with Gasteiger partial charge in [-0.15, -0.1) is 10.2 Å². The molecule has 68 valence electrons. The summed E-state index contributed by atoms with van der Waals surface area (Å²) in [4.78, 5) is 0. The third-order valence-electron chi connectivity index (χ3n) is 2.08. The van der Waals surface area contributed by atoms with Gasteiger partial charge in [0.25, 0.3) is 0 Å². The molecule has 1 rings (SSSR count). The van der Waals surface area contributed by atoms with Gasteiger partial charge >= 0.3 is 0 Å². The quantitative estimate of drug-likeness (QED) is 0.725. The minimum Gasteiger partial charge on any atom is -0.422 e. The molecule has 4 heteroatoms. The van der Waals surface area contributed by atoms with Gasteiger partial charge in [-0.05, 0) is 12.8 Å². The lowest BCUT2D eigenvalue weighted by molar-refractivity contribution is -0.0168. The topological polar surface area (TPSA) is 59.2 Å². The monoisotopic (exact) mass is 170 g/mol. The second kappa shape index (κ2) is 2.86. The molecule has 1 unspecified atom stereocenters. The number of hydrogen-bond donors (Lipinski definition) is 1. The number of aliphatic hydroxyl groups is 1. The molecule has 12 heavy (non-hydrogen) atoms. The fourth-order valence-electron chi connectivity index (χ4n) is 0.748. The summed E-state index contributed by atoms with van der Waals surface area (Å²) >= 11 is 0. The standard InChI is InChI=1S/C8H14N2O2/c1-5(2)8(4,11)7-10-9-6(3)12-7/h5,11H,1-4H3. The second-order valence-electron chi connectivity index (χ2n) is 3.43. The first-order valence-corrected chi connectivity index (χ1v) is 3.97. The highest BCUT2D eigenvalue weighted by Crippen LogP contribution is 2.27. The lowest BCUT2D eigenvalue weighted by atomic mass is 9.93. The Hall–Kier alpha value is -0.900. The van der Waals surface area contributed by atoms with Gasteiger partial charge in [-0.3, -0.25) is 0 Å². The molecule has 0 saturated carbocycles. The average Bonchev–Trinajstić information content (AvgIpc) is 2.35. The van der Waals surface area contributed by atoms with Gasteiger partial charge in [0.2, 0.25) is 11.8 Å². The SMILES string of the molecule is Cc1nnc(C(C)(O)C(C)C)o1. The molecule has 0 aliphatic rings. The Kier molecular flexibility index (Phi) is 2.19. The van der Waals surface area contributed by atoms with Crippen molar-refractivity contribution >= 4 is 0 Å². The maximum absolute atomic E-state index is 9.88. The molecule has 1 aromatic rings. The van der Waals surface area contributed by atoms with E-state index in [4.69, 9.17) is 4.42 Å². The molecule has 0 radical (unpaired) electrons. The number of aryl methyl sites for hydroxylation is 1. The van der Waals surface area contributed by atoms with E-state index in [1.54, 1.807) is 13.8 Å². The fourth-order valence-corrected chi connectivity index (χ4v) is 0.748. The predicted octanol–water partition coefficient (Wildman–Crippen LogP) is 1.24. The first-order chi connectivity index (χ1) is 5.44. The van der Waals surface area contributed by atoms with Gasteiger partial charge in [-0.1, -0.05) is 13.8 Å². The highest BCUT2D eigenvalue weighted by Gasteiger charge is 2.32. The van der Waals surface area contributed by atoms with Crippen molar-refractivity contribution in [2.24, 2.45) is 5.92 Å². The van der Waals surface area contributed by atoms with Crippen LogP contribution >= 0.6 is 0 Å². The molecular formula is C8H14N2O2. The second-order valence-corrected chi connectivity index (χ2v) is 3.43. The number of rotatable bonds is 2. The molecule has 4 nitrogen and oxygen atoms in total. The lowest BCUT2D eigenvalue weighted by Gasteiger charge is -2.22. The highest BCUT2D eigenvalue weighted by molar-refractivity contribution is 4.95. The molecule has 0 spiro atoms. The molecule has 1 aromatic heterocycles. The van der Waals surface area contributed by atoms with Gasteiger partial charge < -0.3 is 9.52 Å². The zero-order chi connectivity index (χ0) is 9.35. The van der Waals surface area contributed by atoms with Gasteiger partial charge in [-0.25, -0.2) is 0 Å². The Balaban J connectivity index is 2.97. The van der Waals surface area contributed by atoms with Crippen molar-refractivity contribution < 1.29 is 9.52 Å². The third kappa shape index (κ3) is 1.48. The molecule has 1 N–H and O–H groups in total. The van der Waals surface area contributed by atoms with E-state index < -0.39 is 5.60 Å². The van der Waals surface area contributed by atoms with Crippen molar-refractivity contribution in [3.63, 3.8) is 0 Å². The number of nitrogens with zero attached hydrogens (tertiary/aromatic N) is 2. The van der Waals surface area contributed by atoms with Gasteiger partial charge in [0.15, 0.2) is 0 Å². The fraction of sp³-hybridized carbons (Fsp3) is 0.750. The van der Waals surface area contributed by atoms with E-state index in [0.29, 0.717) is 5.89 Å². The smallest absolute Gasteiger partial charge is 0.247 e. The van der Waals surface area contributed by atoms with Crippen LogP contribution in [0.25, 0.3) is 0 Å². The van der Waals surface area contributed by atoms with Crippen LogP contribution in [0.2, 0.25) is 0 Å². The third-order valence-corrected chi connectivity index (χ3v) is 2.08. The van der Waals surface area contributed by atoms with E-state index in [1.165, 1.54) is 0 Å². The molecule has 0 aromatic carbocycles. The Morgan fingerprint density at radius 1 is 1.42 bits per heavy atom. The van der Waals surface area contributed by atoms with Crippen molar-refractivity contribution in [2.45, 2.75) is 33.3 Å². The predicted molar refractivity (Wildman–Crippen MR) is 43.4 cm³/mol. The van der Waals surface area contributed by atoms with Crippen LogP contribution in [0.4, 0.5) is 0 Å². The zero-order valence-corrected chi connectivity index (χ0v) is 7.83. The van der Waals surface area contributed by atoms with Gasteiger partial charge in [0.05, 0.1) is 0 Å². The molecule has 0 bridgehead atoms. The Morgan fingerprint density at radius 2 is 2.00 bits per heavy atom. The Morgan fingerprint density at radius 3 is 2.33 bits per heavy atom. The van der Waals surface area contributed by atoms with Crippen molar-refractivity contribution in [3.05, 3.63) is 11.8 Å². The van der Waals surface area contributed by atoms with E-state index in [9.17, 15) is 5.11 Å². The maximum atomic E-state index is 9.88. The molecule has 0 fully saturated rings. The van der Waals surface area contributed by atoms with Crippen LogP contribution in [0, 0.1) is 12.8 Å². The van der Waals surface area contributed by atoms with E-state index in [2.05, 4.69) is 10.2 Å². The molecule has 1 atom stereocenters. The molecule has 0 saturated heterocycles. The van der Waals surface area contributed by atoms with Crippen LogP contribution in [0.15, 0.2) is 4.42 Å². The first-order valence-electron chi connectivity index (χ1n) is 3.97. The first kappa shape index (κ1) is 9.19. The van der Waals surface area contributed by atoms with Crippen LogP contribution in [0.3, 0.4) is 0 Å². The number of hydrogen-bond acceptors (Lipinski definition) is 4. The van der Waals surface area contributed by atoms with E-state index in [-0.39, 0.29) is 11.8 Å². The van der Waals surface area contributed by atoms with Crippen LogP contribution in [-0.2, 0) is 5.60 Å². The maximum Gasteiger partial charge on any atom is 0.247 e. The van der Waals surface area contributed by atoms with Crippen LogP contribution < -0.4 is 0 Å². The summed E-state index contributed by atoms with van der Waals surface area (Å²) in [6.07, 6.45) is 0. The summed E-state index contributed by atoms with van der Waals surface area (Å²) in [6.45, 7) is 7.18. The van der Waals surface area contributed by atoms with Crippen LogP contribution in [0.1, 0.15) is 32.6 Å². The summed E-state index contributed by atoms with van der Waals surface area (Å²) in [5, 5.41) is 17.3. The zero-order valence-electron chi connectivity index (χ0n) is 7.83. The molecule has 1 heterocycles. The minimum absolute atomic E-state index is 0.0531. The van der Waals surface area contributed by atoms with E-state index in [0.717, 1.165) is 0 Å². The summed E-state index contributed by atoms with van der Waals surface area (Å²) in [5.41, 5.74) is -1.03. The van der Waals surface area contributed by atoms with Gasteiger partial charge in [0, 0.05) is 6.92 Å². The Labute approximate surface area is 71.6 Å². The van der Waals surface area contributed by atoms with Gasteiger partial charge in [0.1, 0.15) is 5.60 Å². The van der Waals surface area contributed by atoms with Crippen molar-refractivity contribution in [2.75, 3.05) is 0 Å². The van der Waals surface area contributed by atoms with Crippen molar-refractivity contribution in [3.8, 4) is 0 Å². The summed E-state index contributed by atoms with van der Waals surface area (Å²) in [5.74, 6) is 0.818. The normalized spacial score (nSPS) is 16.5. The highest BCUT2D eigenvalue weighted by atomic mass is 16.4. The lowest BCUT2D eigenvalue weighted by Crippen LogP contribution is -2.28. The minimum atomic E-state index is -1.03. The molecule has 0 aliphatic carbocycles. The average molecular weight is 170 g/mol. The Bertz CT molecular complexity index is 266. The molecule has 0 aliphatic heterocycles. The molecular weight excluding hydrogens is 156 g/mol. The van der Waals surface area contributed by atoms with Crippen LogP contribution in [-0.4, -0.2) is 15.3 Å². The van der Waals surface area contributed by atoms with E-state index in [1.807, 2.05) is 13.8 Å².